The van der Waals surface area contributed by atoms with Crippen LogP contribution in [0.3, 0.4) is 0 Å². The maximum absolute atomic E-state index is 12.8. The van der Waals surface area contributed by atoms with Crippen molar-refractivity contribution in [2.45, 2.75) is 58.0 Å². The fraction of sp³-hybridized carbons (Fsp3) is 0.611. The number of rotatable bonds is 5. The highest BCUT2D eigenvalue weighted by Gasteiger charge is 2.24. The molecule has 22 heavy (non-hydrogen) atoms. The molecule has 1 aromatic rings. The summed E-state index contributed by atoms with van der Waals surface area (Å²) in [6.07, 6.45) is 4.39. The first-order valence-electron chi connectivity index (χ1n) is 8.17. The Morgan fingerprint density at radius 3 is 2.77 bits per heavy atom. The van der Waals surface area contributed by atoms with Gasteiger partial charge in [0.25, 0.3) is 0 Å². The number of hydrogen-bond donors (Lipinski definition) is 2. The lowest BCUT2D eigenvalue weighted by atomic mass is 9.89. The van der Waals surface area contributed by atoms with Crippen molar-refractivity contribution in [3.05, 3.63) is 28.8 Å². The van der Waals surface area contributed by atoms with Crippen LogP contribution in [-0.2, 0) is 12.8 Å². The number of fused-ring (bicyclic) bond motifs is 1. The molecule has 4 heteroatoms. The predicted octanol–water partition coefficient (Wildman–Crippen LogP) is 2.46. The van der Waals surface area contributed by atoms with Crippen molar-refractivity contribution in [1.82, 2.24) is 0 Å². The fourth-order valence-electron chi connectivity index (χ4n) is 3.26. The van der Waals surface area contributed by atoms with Gasteiger partial charge in [-0.15, -0.1) is 0 Å². The second kappa shape index (κ2) is 7.25. The van der Waals surface area contributed by atoms with E-state index in [9.17, 15) is 4.79 Å². The van der Waals surface area contributed by atoms with Gasteiger partial charge in [0.15, 0.2) is 5.78 Å². The van der Waals surface area contributed by atoms with Crippen LogP contribution in [0.4, 0.5) is 0 Å². The summed E-state index contributed by atoms with van der Waals surface area (Å²) >= 11 is 0. The molecule has 2 rings (SSSR count). The molecule has 0 saturated heterocycles. The molecule has 1 aliphatic rings. The van der Waals surface area contributed by atoms with Crippen LogP contribution in [0.5, 0.6) is 5.75 Å². The normalized spacial score (nSPS) is 19.5. The second-order valence-electron chi connectivity index (χ2n) is 6.77. The molecule has 0 aliphatic heterocycles. The van der Waals surface area contributed by atoms with Crippen LogP contribution in [0, 0.1) is 5.92 Å². The zero-order valence-electron chi connectivity index (χ0n) is 13.9. The van der Waals surface area contributed by atoms with E-state index in [-0.39, 0.29) is 11.8 Å². The Labute approximate surface area is 133 Å². The summed E-state index contributed by atoms with van der Waals surface area (Å²) in [5.41, 5.74) is 15.3. The Morgan fingerprint density at radius 1 is 1.41 bits per heavy atom. The minimum Gasteiger partial charge on any atom is -0.497 e. The van der Waals surface area contributed by atoms with Gasteiger partial charge in [-0.2, -0.15) is 0 Å². The number of carbonyl (C=O) groups excluding carboxylic acids is 1. The molecule has 0 bridgehead atoms. The average Bonchev–Trinajstić information content (AvgIpc) is 2.65. The quantitative estimate of drug-likeness (QED) is 0.647. The van der Waals surface area contributed by atoms with Gasteiger partial charge in [-0.25, -0.2) is 0 Å². The van der Waals surface area contributed by atoms with Crippen molar-refractivity contribution in [2.24, 2.45) is 17.4 Å². The molecule has 4 nitrogen and oxygen atoms in total. The summed E-state index contributed by atoms with van der Waals surface area (Å²) in [6, 6.07) is 3.57. The molecule has 0 aromatic heterocycles. The van der Waals surface area contributed by atoms with E-state index in [1.54, 1.807) is 7.11 Å². The Morgan fingerprint density at radius 2 is 2.14 bits per heavy atom. The molecule has 0 heterocycles. The zero-order chi connectivity index (χ0) is 16.3. The number of benzene rings is 1. The largest absolute Gasteiger partial charge is 0.497 e. The first-order chi connectivity index (χ1) is 10.4. The van der Waals surface area contributed by atoms with Crippen molar-refractivity contribution >= 4 is 5.78 Å². The van der Waals surface area contributed by atoms with Crippen LogP contribution in [0.1, 0.15) is 54.6 Å². The van der Waals surface area contributed by atoms with Crippen LogP contribution < -0.4 is 16.2 Å². The molecule has 1 unspecified atom stereocenters. The Hall–Kier alpha value is -1.39. The molecule has 1 aliphatic carbocycles. The molecule has 0 radical (unpaired) electrons. The van der Waals surface area contributed by atoms with Gasteiger partial charge >= 0.3 is 0 Å². The van der Waals surface area contributed by atoms with Crippen molar-refractivity contribution < 1.29 is 9.53 Å². The van der Waals surface area contributed by atoms with Crippen LogP contribution in [-0.4, -0.2) is 25.0 Å². The molecular formula is C18H28N2O2. The second-order valence-corrected chi connectivity index (χ2v) is 6.77. The summed E-state index contributed by atoms with van der Waals surface area (Å²) in [5.74, 6) is 1.14. The van der Waals surface area contributed by atoms with Gasteiger partial charge in [0, 0.05) is 11.6 Å². The third kappa shape index (κ3) is 3.87. The molecule has 0 spiro atoms. The standard InChI is InChI=1S/C18H28N2O2/c1-11(2)7-17(20)18(21)16-10-14(22-3)9-12-8-13(19)5-4-6-15(12)16/h9-11,13,17H,4-8,19-20H2,1-3H3/t13?,17-/m1/s1. The number of Topliss-reactive ketones (excluding diaryl/α,β-unsaturated/α-hetero) is 1. The van der Waals surface area contributed by atoms with Gasteiger partial charge in [-0.3, -0.25) is 4.79 Å². The number of hydrogen-bond acceptors (Lipinski definition) is 4. The van der Waals surface area contributed by atoms with E-state index in [1.165, 1.54) is 0 Å². The number of methoxy groups -OCH3 is 1. The lowest BCUT2D eigenvalue weighted by Gasteiger charge is -2.18. The molecule has 1 aromatic carbocycles. The number of ether oxygens (including phenoxy) is 1. The van der Waals surface area contributed by atoms with E-state index >= 15 is 0 Å². The molecule has 122 valence electrons. The zero-order valence-corrected chi connectivity index (χ0v) is 13.9. The summed E-state index contributed by atoms with van der Waals surface area (Å²) in [4.78, 5) is 12.8. The summed E-state index contributed by atoms with van der Waals surface area (Å²) in [5, 5.41) is 0. The van der Waals surface area contributed by atoms with Crippen LogP contribution in [0.2, 0.25) is 0 Å². The molecule has 0 saturated carbocycles. The molecule has 0 fully saturated rings. The molecule has 2 atom stereocenters. The topological polar surface area (TPSA) is 78.3 Å². The van der Waals surface area contributed by atoms with E-state index in [1.807, 2.05) is 12.1 Å². The number of carbonyl (C=O) groups is 1. The minimum atomic E-state index is -0.451. The summed E-state index contributed by atoms with van der Waals surface area (Å²) in [6.45, 7) is 4.16. The Bertz CT molecular complexity index is 540. The van der Waals surface area contributed by atoms with Crippen molar-refractivity contribution in [1.29, 1.82) is 0 Å². The lowest BCUT2D eigenvalue weighted by molar-refractivity contribution is 0.0949. The van der Waals surface area contributed by atoms with Gasteiger partial charge in [-0.1, -0.05) is 13.8 Å². The molecular weight excluding hydrogens is 276 g/mol. The van der Waals surface area contributed by atoms with Gasteiger partial charge < -0.3 is 16.2 Å². The third-order valence-corrected chi connectivity index (χ3v) is 4.36. The predicted molar refractivity (Wildman–Crippen MR) is 89.4 cm³/mol. The van der Waals surface area contributed by atoms with E-state index in [2.05, 4.69) is 13.8 Å². The highest BCUT2D eigenvalue weighted by atomic mass is 16.5. The summed E-state index contributed by atoms with van der Waals surface area (Å²) in [7, 11) is 1.63. The minimum absolute atomic E-state index is 0.0271. The van der Waals surface area contributed by atoms with Gasteiger partial charge in [0.2, 0.25) is 0 Å². The average molecular weight is 304 g/mol. The SMILES string of the molecule is COc1cc2c(c(C(=O)[C@H](N)CC(C)C)c1)CCCC(N)C2. The molecule has 4 N–H and O–H groups in total. The highest BCUT2D eigenvalue weighted by molar-refractivity contribution is 6.02. The lowest BCUT2D eigenvalue weighted by Crippen LogP contribution is -2.32. The van der Waals surface area contributed by atoms with Crippen LogP contribution in [0.25, 0.3) is 0 Å². The molecule has 0 amide bonds. The highest BCUT2D eigenvalue weighted by Crippen LogP contribution is 2.29. The first kappa shape index (κ1) is 17.0. The number of ketones is 1. The van der Waals surface area contributed by atoms with Crippen molar-refractivity contribution in [3.8, 4) is 5.75 Å². The van der Waals surface area contributed by atoms with Gasteiger partial charge in [0.05, 0.1) is 13.2 Å². The van der Waals surface area contributed by atoms with E-state index in [4.69, 9.17) is 16.2 Å². The Kier molecular flexibility index (Phi) is 5.59. The van der Waals surface area contributed by atoms with Crippen molar-refractivity contribution in [2.75, 3.05) is 7.11 Å². The van der Waals surface area contributed by atoms with Crippen LogP contribution >= 0.6 is 0 Å². The van der Waals surface area contributed by atoms with Crippen LogP contribution in [0.15, 0.2) is 12.1 Å². The van der Waals surface area contributed by atoms with Crippen molar-refractivity contribution in [3.63, 3.8) is 0 Å². The van der Waals surface area contributed by atoms with E-state index in [0.717, 1.165) is 42.4 Å². The Balaban J connectivity index is 2.41. The third-order valence-electron chi connectivity index (χ3n) is 4.36. The maximum atomic E-state index is 12.8. The van der Waals surface area contributed by atoms with Gasteiger partial charge in [0.1, 0.15) is 5.75 Å². The van der Waals surface area contributed by atoms with E-state index < -0.39 is 6.04 Å². The first-order valence-corrected chi connectivity index (χ1v) is 8.17. The number of nitrogens with two attached hydrogens (primary N) is 2. The maximum Gasteiger partial charge on any atom is 0.179 e. The monoisotopic (exact) mass is 304 g/mol. The summed E-state index contributed by atoms with van der Waals surface area (Å²) < 4.78 is 5.37. The smallest absolute Gasteiger partial charge is 0.179 e. The van der Waals surface area contributed by atoms with E-state index in [0.29, 0.717) is 18.1 Å². The fourth-order valence-corrected chi connectivity index (χ4v) is 3.26. The van der Waals surface area contributed by atoms with Gasteiger partial charge in [-0.05, 0) is 61.3 Å².